The van der Waals surface area contributed by atoms with Gasteiger partial charge >= 0.3 is 0 Å². The van der Waals surface area contributed by atoms with Gasteiger partial charge in [-0.25, -0.2) is 9.97 Å². The molecule has 1 aromatic rings. The van der Waals surface area contributed by atoms with E-state index in [1.54, 1.807) is 0 Å². The normalized spacial score (nSPS) is 11.4. The van der Waals surface area contributed by atoms with Crippen molar-refractivity contribution in [2.45, 2.75) is 66.7 Å². The second kappa shape index (κ2) is 7.46. The summed E-state index contributed by atoms with van der Waals surface area (Å²) in [6, 6.07) is 0. The summed E-state index contributed by atoms with van der Waals surface area (Å²) in [6.07, 6.45) is 3.23. The number of aromatic nitrogens is 2. The summed E-state index contributed by atoms with van der Waals surface area (Å²) in [5.74, 6) is 3.18. The zero-order valence-corrected chi connectivity index (χ0v) is 13.4. The first-order valence-corrected chi connectivity index (χ1v) is 7.56. The second-order valence-electron chi connectivity index (χ2n) is 6.00. The molecule has 0 aliphatic carbocycles. The van der Waals surface area contributed by atoms with Crippen LogP contribution in [0.1, 0.15) is 70.5 Å². The van der Waals surface area contributed by atoms with Crippen molar-refractivity contribution >= 4 is 5.82 Å². The van der Waals surface area contributed by atoms with Crippen LogP contribution in [0.3, 0.4) is 0 Å². The molecular weight excluding hydrogens is 234 g/mol. The zero-order chi connectivity index (χ0) is 14.4. The molecular formula is C16H29N3. The lowest BCUT2D eigenvalue weighted by molar-refractivity contribution is 0.573. The number of hydrogen-bond acceptors (Lipinski definition) is 3. The van der Waals surface area contributed by atoms with Gasteiger partial charge in [0.1, 0.15) is 11.6 Å². The van der Waals surface area contributed by atoms with E-state index < -0.39 is 0 Å². The van der Waals surface area contributed by atoms with Crippen LogP contribution in [0.25, 0.3) is 0 Å². The average molecular weight is 263 g/mol. The third-order valence-electron chi connectivity index (χ3n) is 3.25. The molecule has 108 valence electrons. The largest absolute Gasteiger partial charge is 0.370 e. The quantitative estimate of drug-likeness (QED) is 0.796. The first-order chi connectivity index (χ1) is 8.95. The first-order valence-electron chi connectivity index (χ1n) is 7.56. The van der Waals surface area contributed by atoms with Crippen molar-refractivity contribution in [2.75, 3.05) is 11.9 Å². The Bertz CT molecular complexity index is 397. The van der Waals surface area contributed by atoms with E-state index in [2.05, 4.69) is 51.8 Å². The Morgan fingerprint density at radius 1 is 1.11 bits per heavy atom. The fourth-order valence-corrected chi connectivity index (χ4v) is 2.24. The smallest absolute Gasteiger partial charge is 0.133 e. The van der Waals surface area contributed by atoms with Gasteiger partial charge in [-0.15, -0.1) is 0 Å². The maximum Gasteiger partial charge on any atom is 0.133 e. The minimum Gasteiger partial charge on any atom is -0.370 e. The van der Waals surface area contributed by atoms with Crippen molar-refractivity contribution in [3.63, 3.8) is 0 Å². The molecule has 3 nitrogen and oxygen atoms in total. The molecule has 0 aliphatic rings. The van der Waals surface area contributed by atoms with Crippen LogP contribution in [0.4, 0.5) is 5.82 Å². The lowest BCUT2D eigenvalue weighted by Gasteiger charge is -2.17. The van der Waals surface area contributed by atoms with Crippen LogP contribution < -0.4 is 5.32 Å². The Morgan fingerprint density at radius 2 is 1.79 bits per heavy atom. The van der Waals surface area contributed by atoms with Gasteiger partial charge in [0.25, 0.3) is 0 Å². The maximum absolute atomic E-state index is 4.74. The Kier molecular flexibility index (Phi) is 6.26. The summed E-state index contributed by atoms with van der Waals surface area (Å²) in [4.78, 5) is 9.43. The first kappa shape index (κ1) is 15.9. The van der Waals surface area contributed by atoms with Gasteiger partial charge in [-0.3, -0.25) is 0 Å². The van der Waals surface area contributed by atoms with E-state index >= 15 is 0 Å². The molecule has 0 aromatic carbocycles. The van der Waals surface area contributed by atoms with Gasteiger partial charge in [0.15, 0.2) is 0 Å². The molecule has 0 saturated carbocycles. The predicted octanol–water partition coefficient (Wildman–Crippen LogP) is 4.32. The van der Waals surface area contributed by atoms with E-state index in [1.165, 1.54) is 5.56 Å². The number of rotatable bonds is 7. The summed E-state index contributed by atoms with van der Waals surface area (Å²) < 4.78 is 0. The van der Waals surface area contributed by atoms with Gasteiger partial charge in [0.2, 0.25) is 0 Å². The van der Waals surface area contributed by atoms with Gasteiger partial charge in [0.05, 0.1) is 0 Å². The molecule has 0 fully saturated rings. The Labute approximate surface area is 118 Å². The SMILES string of the molecule is CCCNc1nc(CCC(C)C)nc(C)c1C(C)C. The van der Waals surface area contributed by atoms with Crippen molar-refractivity contribution in [3.8, 4) is 0 Å². The number of nitrogens with zero attached hydrogens (tertiary/aromatic N) is 2. The molecule has 0 aliphatic heterocycles. The molecule has 0 saturated heterocycles. The monoisotopic (exact) mass is 263 g/mol. The fourth-order valence-electron chi connectivity index (χ4n) is 2.24. The van der Waals surface area contributed by atoms with E-state index in [0.717, 1.165) is 43.1 Å². The molecule has 0 bridgehead atoms. The Morgan fingerprint density at radius 3 is 2.32 bits per heavy atom. The number of hydrogen-bond donors (Lipinski definition) is 1. The topological polar surface area (TPSA) is 37.8 Å². The summed E-state index contributed by atoms with van der Waals surface area (Å²) in [5.41, 5.74) is 2.39. The lowest BCUT2D eigenvalue weighted by atomic mass is 10.0. The van der Waals surface area contributed by atoms with Crippen molar-refractivity contribution in [1.29, 1.82) is 0 Å². The van der Waals surface area contributed by atoms with E-state index in [0.29, 0.717) is 11.8 Å². The van der Waals surface area contributed by atoms with E-state index in [9.17, 15) is 0 Å². The van der Waals surface area contributed by atoms with Crippen molar-refractivity contribution in [3.05, 3.63) is 17.1 Å². The summed E-state index contributed by atoms with van der Waals surface area (Å²) in [7, 11) is 0. The predicted molar refractivity (Wildman–Crippen MR) is 82.8 cm³/mol. The summed E-state index contributed by atoms with van der Waals surface area (Å²) >= 11 is 0. The Hall–Kier alpha value is -1.12. The van der Waals surface area contributed by atoms with E-state index in [4.69, 9.17) is 4.98 Å². The molecule has 0 atom stereocenters. The third kappa shape index (κ3) is 4.81. The molecule has 3 heteroatoms. The van der Waals surface area contributed by atoms with Crippen LogP contribution in [0.5, 0.6) is 0 Å². The van der Waals surface area contributed by atoms with Gasteiger partial charge in [-0.05, 0) is 31.6 Å². The summed E-state index contributed by atoms with van der Waals surface area (Å²) in [6.45, 7) is 14.1. The van der Waals surface area contributed by atoms with Crippen LogP contribution in [0.15, 0.2) is 0 Å². The van der Waals surface area contributed by atoms with Crippen LogP contribution in [0, 0.1) is 12.8 Å². The third-order valence-corrected chi connectivity index (χ3v) is 3.25. The van der Waals surface area contributed by atoms with Gasteiger partial charge < -0.3 is 5.32 Å². The van der Waals surface area contributed by atoms with Crippen molar-refractivity contribution in [2.24, 2.45) is 5.92 Å². The molecule has 0 spiro atoms. The number of aryl methyl sites for hydroxylation is 2. The molecule has 19 heavy (non-hydrogen) atoms. The standard InChI is InChI=1S/C16H29N3/c1-7-10-17-16-15(12(4)5)13(6)18-14(19-16)9-8-11(2)3/h11-12H,7-10H2,1-6H3,(H,17,18,19). The average Bonchev–Trinajstić information content (AvgIpc) is 2.32. The maximum atomic E-state index is 4.74. The number of nitrogens with one attached hydrogen (secondary N) is 1. The highest BCUT2D eigenvalue weighted by molar-refractivity contribution is 5.48. The zero-order valence-electron chi connectivity index (χ0n) is 13.4. The summed E-state index contributed by atoms with van der Waals surface area (Å²) in [5, 5.41) is 3.46. The highest BCUT2D eigenvalue weighted by Crippen LogP contribution is 2.25. The van der Waals surface area contributed by atoms with Crippen LogP contribution in [-0.4, -0.2) is 16.5 Å². The van der Waals surface area contributed by atoms with Crippen LogP contribution in [-0.2, 0) is 6.42 Å². The van der Waals surface area contributed by atoms with E-state index in [-0.39, 0.29) is 0 Å². The van der Waals surface area contributed by atoms with Gasteiger partial charge in [-0.1, -0.05) is 34.6 Å². The minimum absolute atomic E-state index is 0.457. The van der Waals surface area contributed by atoms with Crippen LogP contribution >= 0.6 is 0 Å². The van der Waals surface area contributed by atoms with E-state index in [1.807, 2.05) is 0 Å². The highest BCUT2D eigenvalue weighted by atomic mass is 15.0. The minimum atomic E-state index is 0.457. The fraction of sp³-hybridized carbons (Fsp3) is 0.750. The molecule has 1 aromatic heterocycles. The van der Waals surface area contributed by atoms with Crippen molar-refractivity contribution in [1.82, 2.24) is 9.97 Å². The molecule has 1 heterocycles. The molecule has 0 amide bonds. The van der Waals surface area contributed by atoms with Crippen LogP contribution in [0.2, 0.25) is 0 Å². The second-order valence-corrected chi connectivity index (χ2v) is 6.00. The van der Waals surface area contributed by atoms with Crippen molar-refractivity contribution < 1.29 is 0 Å². The molecule has 0 unspecified atom stereocenters. The lowest BCUT2D eigenvalue weighted by Crippen LogP contribution is -2.12. The Balaban J connectivity index is 3.00. The number of anilines is 1. The molecule has 0 radical (unpaired) electrons. The van der Waals surface area contributed by atoms with Gasteiger partial charge in [0, 0.05) is 24.2 Å². The molecule has 1 N–H and O–H groups in total. The van der Waals surface area contributed by atoms with Gasteiger partial charge in [-0.2, -0.15) is 0 Å². The molecule has 1 rings (SSSR count). The highest BCUT2D eigenvalue weighted by Gasteiger charge is 2.14.